The lowest BCUT2D eigenvalue weighted by molar-refractivity contribution is -0.119. The molecule has 3 rings (SSSR count). The summed E-state index contributed by atoms with van der Waals surface area (Å²) in [6, 6.07) is 20.4. The van der Waals surface area contributed by atoms with Crippen molar-refractivity contribution in [3.63, 3.8) is 0 Å². The van der Waals surface area contributed by atoms with Crippen molar-refractivity contribution in [3.8, 4) is 0 Å². The second-order valence-electron chi connectivity index (χ2n) is 7.18. The number of ketones is 1. The third-order valence-corrected chi connectivity index (χ3v) is 6.47. The smallest absolute Gasteiger partial charge is 0.339 e. The Morgan fingerprint density at radius 2 is 1.48 bits per heavy atom. The van der Waals surface area contributed by atoms with E-state index in [2.05, 4.69) is 5.32 Å². The van der Waals surface area contributed by atoms with Crippen molar-refractivity contribution in [1.29, 1.82) is 0 Å². The molecule has 0 radical (unpaired) electrons. The largest absolute Gasteiger partial charge is 0.452 e. The fourth-order valence-electron chi connectivity index (χ4n) is 2.96. The molecule has 8 nitrogen and oxygen atoms in total. The molecule has 1 amide bonds. The molecule has 0 heterocycles. The zero-order valence-corrected chi connectivity index (χ0v) is 18.8. The van der Waals surface area contributed by atoms with Crippen LogP contribution in [0.15, 0.2) is 83.8 Å². The monoisotopic (exact) mass is 466 g/mol. The quantitative estimate of drug-likeness (QED) is 0.404. The van der Waals surface area contributed by atoms with Gasteiger partial charge in [-0.3, -0.25) is 9.59 Å². The molecule has 0 aromatic heterocycles. The number of ether oxygens (including phenoxy) is 1. The van der Waals surface area contributed by atoms with E-state index in [0.29, 0.717) is 5.56 Å². The van der Waals surface area contributed by atoms with Gasteiger partial charge in [-0.25, -0.2) is 17.5 Å². The van der Waals surface area contributed by atoms with Crippen molar-refractivity contribution in [3.05, 3.63) is 95.6 Å². The summed E-state index contributed by atoms with van der Waals surface area (Å²) in [6.45, 7) is -0.614. The number of esters is 1. The number of nitrogens with zero attached hydrogens (tertiary/aromatic N) is 1. The normalized spacial score (nSPS) is 11.1. The molecule has 9 heteroatoms. The number of nitrogens with one attached hydrogen (secondary N) is 1. The maximum absolute atomic E-state index is 12.8. The molecule has 1 N–H and O–H groups in total. The molecule has 0 aliphatic carbocycles. The van der Waals surface area contributed by atoms with Crippen LogP contribution in [0.5, 0.6) is 0 Å². The minimum atomic E-state index is -3.67. The van der Waals surface area contributed by atoms with Crippen molar-refractivity contribution in [2.75, 3.05) is 26.0 Å². The fourth-order valence-corrected chi connectivity index (χ4v) is 3.90. The Hall–Kier alpha value is -3.82. The zero-order chi connectivity index (χ0) is 24.0. The first-order chi connectivity index (χ1) is 15.7. The van der Waals surface area contributed by atoms with Crippen molar-refractivity contribution in [1.82, 2.24) is 4.31 Å². The van der Waals surface area contributed by atoms with E-state index >= 15 is 0 Å². The van der Waals surface area contributed by atoms with Crippen LogP contribution in [0.1, 0.15) is 26.3 Å². The number of carbonyl (C=O) groups excluding carboxylic acids is 3. The number of hydrogen-bond donors (Lipinski definition) is 1. The van der Waals surface area contributed by atoms with Gasteiger partial charge in [0.05, 0.1) is 10.5 Å². The van der Waals surface area contributed by atoms with E-state index in [1.54, 1.807) is 42.5 Å². The number of rotatable bonds is 8. The van der Waals surface area contributed by atoms with Gasteiger partial charge in [-0.2, -0.15) is 0 Å². The lowest BCUT2D eigenvalue weighted by Crippen LogP contribution is -2.23. The molecular formula is C24H22N2O6S. The summed E-state index contributed by atoms with van der Waals surface area (Å²) in [5, 5.41) is 2.50. The molecule has 0 unspecified atom stereocenters. The average Bonchev–Trinajstić information content (AvgIpc) is 2.82. The van der Waals surface area contributed by atoms with Crippen LogP contribution in [-0.4, -0.2) is 51.1 Å². The Morgan fingerprint density at radius 3 is 2.15 bits per heavy atom. The predicted molar refractivity (Wildman–Crippen MR) is 123 cm³/mol. The number of benzene rings is 3. The van der Waals surface area contributed by atoms with Crippen LogP contribution < -0.4 is 5.32 Å². The van der Waals surface area contributed by atoms with E-state index in [4.69, 9.17) is 4.74 Å². The minimum Gasteiger partial charge on any atom is -0.452 e. The lowest BCUT2D eigenvalue weighted by atomic mass is 9.98. The molecule has 3 aromatic carbocycles. The van der Waals surface area contributed by atoms with Crippen LogP contribution in [0.2, 0.25) is 0 Å². The Morgan fingerprint density at radius 1 is 0.848 bits per heavy atom. The molecule has 0 saturated heterocycles. The first-order valence-electron chi connectivity index (χ1n) is 9.88. The SMILES string of the molecule is CN(C)S(=O)(=O)c1cccc(NC(=O)COC(=O)c2ccccc2C(=O)c2ccccc2)c1. The number of anilines is 1. The number of carbonyl (C=O) groups is 3. The molecule has 0 fully saturated rings. The Labute approximate surface area is 191 Å². The molecule has 170 valence electrons. The first-order valence-corrected chi connectivity index (χ1v) is 11.3. The van der Waals surface area contributed by atoms with Gasteiger partial charge in [0.25, 0.3) is 5.91 Å². The zero-order valence-electron chi connectivity index (χ0n) is 18.0. The summed E-state index contributed by atoms with van der Waals surface area (Å²) in [6.07, 6.45) is 0. The number of sulfonamides is 1. The highest BCUT2D eigenvalue weighted by Crippen LogP contribution is 2.18. The van der Waals surface area contributed by atoms with Crippen LogP contribution in [0.3, 0.4) is 0 Å². The van der Waals surface area contributed by atoms with Gasteiger partial charge < -0.3 is 10.1 Å². The third-order valence-electron chi connectivity index (χ3n) is 4.66. The Kier molecular flexibility index (Phi) is 7.37. The molecular weight excluding hydrogens is 444 g/mol. The van der Waals surface area contributed by atoms with Gasteiger partial charge in [0.1, 0.15) is 0 Å². The first kappa shape index (κ1) is 23.8. The molecule has 0 atom stereocenters. The van der Waals surface area contributed by atoms with Gasteiger partial charge in [-0.15, -0.1) is 0 Å². The van der Waals surface area contributed by atoms with Gasteiger partial charge >= 0.3 is 5.97 Å². The van der Waals surface area contributed by atoms with Crippen molar-refractivity contribution in [2.24, 2.45) is 0 Å². The highest BCUT2D eigenvalue weighted by atomic mass is 32.2. The molecule has 0 bridgehead atoms. The predicted octanol–water partition coefficient (Wildman–Crippen LogP) is 2.96. The van der Waals surface area contributed by atoms with Crippen molar-refractivity contribution in [2.45, 2.75) is 4.90 Å². The van der Waals surface area contributed by atoms with Gasteiger partial charge in [0.15, 0.2) is 12.4 Å². The van der Waals surface area contributed by atoms with Gasteiger partial charge in [0, 0.05) is 30.9 Å². The Bertz CT molecular complexity index is 1290. The summed E-state index contributed by atoms with van der Waals surface area (Å²) in [5.41, 5.74) is 0.857. The standard InChI is InChI=1S/C24H22N2O6S/c1-26(2)33(30,31)19-12-8-11-18(15-19)25-22(27)16-32-24(29)21-14-7-6-13-20(21)23(28)17-9-4-3-5-10-17/h3-15H,16H2,1-2H3,(H,25,27). The topological polar surface area (TPSA) is 110 Å². The van der Waals surface area contributed by atoms with Crippen LogP contribution in [0.4, 0.5) is 5.69 Å². The summed E-state index contributed by atoms with van der Waals surface area (Å²) in [4.78, 5) is 37.6. The minimum absolute atomic E-state index is 0.00986. The lowest BCUT2D eigenvalue weighted by Gasteiger charge is -2.13. The van der Waals surface area contributed by atoms with Gasteiger partial charge in [-0.05, 0) is 24.3 Å². The summed E-state index contributed by atoms with van der Waals surface area (Å²) >= 11 is 0. The summed E-state index contributed by atoms with van der Waals surface area (Å²) in [7, 11) is -0.862. The molecule has 0 saturated carbocycles. The van der Waals surface area contributed by atoms with Crippen LogP contribution in [0, 0.1) is 0 Å². The van der Waals surface area contributed by atoms with Crippen molar-refractivity contribution >= 4 is 33.4 Å². The van der Waals surface area contributed by atoms with E-state index < -0.39 is 28.5 Å². The van der Waals surface area contributed by atoms with Gasteiger partial charge in [0.2, 0.25) is 10.0 Å². The average molecular weight is 467 g/mol. The Balaban J connectivity index is 1.68. The van der Waals surface area contributed by atoms with E-state index in [1.807, 2.05) is 0 Å². The molecule has 33 heavy (non-hydrogen) atoms. The van der Waals surface area contributed by atoms with Gasteiger partial charge in [-0.1, -0.05) is 54.6 Å². The number of hydrogen-bond acceptors (Lipinski definition) is 6. The van der Waals surface area contributed by atoms with Crippen LogP contribution in [-0.2, 0) is 19.6 Å². The van der Waals surface area contributed by atoms with E-state index in [9.17, 15) is 22.8 Å². The van der Waals surface area contributed by atoms with E-state index in [1.165, 1.54) is 50.5 Å². The maximum Gasteiger partial charge on any atom is 0.339 e. The van der Waals surface area contributed by atoms with E-state index in [0.717, 1.165) is 4.31 Å². The molecule has 3 aromatic rings. The highest BCUT2D eigenvalue weighted by molar-refractivity contribution is 7.89. The summed E-state index contributed by atoms with van der Waals surface area (Å²) in [5.74, 6) is -1.82. The maximum atomic E-state index is 12.8. The number of amides is 1. The molecule has 0 spiro atoms. The van der Waals surface area contributed by atoms with E-state index in [-0.39, 0.29) is 27.5 Å². The van der Waals surface area contributed by atoms with Crippen LogP contribution >= 0.6 is 0 Å². The third kappa shape index (κ3) is 5.71. The highest BCUT2D eigenvalue weighted by Gasteiger charge is 2.20. The summed E-state index contributed by atoms with van der Waals surface area (Å²) < 4.78 is 30.6. The second kappa shape index (κ2) is 10.2. The molecule has 0 aliphatic heterocycles. The molecule has 0 aliphatic rings. The van der Waals surface area contributed by atoms with Crippen LogP contribution in [0.25, 0.3) is 0 Å². The second-order valence-corrected chi connectivity index (χ2v) is 9.33. The van der Waals surface area contributed by atoms with Crippen molar-refractivity contribution < 1.29 is 27.5 Å². The fraction of sp³-hybridized carbons (Fsp3) is 0.125.